The molecule has 13 heteroatoms. The summed E-state index contributed by atoms with van der Waals surface area (Å²) in [6.45, 7) is 0.319. The Morgan fingerprint density at radius 3 is 2.50 bits per heavy atom. The van der Waals surface area contributed by atoms with E-state index in [9.17, 15) is 36.0 Å². The van der Waals surface area contributed by atoms with Crippen molar-refractivity contribution in [2.45, 2.75) is 55.9 Å². The number of amides is 1. The molecule has 1 amide bonds. The van der Waals surface area contributed by atoms with Gasteiger partial charge in [-0.1, -0.05) is 18.2 Å². The standard InChI is InChI=1S/C25H26F4N4O4S/c26-15-5-6-16(18(13-15)22(34)32-24(14-30)7-8-24)21-20(31-23(37-21)25(27,28)29)17-3-1-2-4-19(17)33-9-11-38(35,36)12-10-33/h1-4,15-16,18H,5-13H2,(H,32,34)/t15-,16+,18+/m0/s1. The van der Waals surface area contributed by atoms with Gasteiger partial charge >= 0.3 is 12.1 Å². The molecule has 1 saturated heterocycles. The van der Waals surface area contributed by atoms with Gasteiger partial charge < -0.3 is 14.6 Å². The van der Waals surface area contributed by atoms with E-state index in [0.717, 1.165) is 0 Å². The summed E-state index contributed by atoms with van der Waals surface area (Å²) in [7, 11) is -3.20. The number of para-hydroxylation sites is 1. The third kappa shape index (κ3) is 5.23. The fraction of sp³-hybridized carbons (Fsp3) is 0.560. The maximum Gasteiger partial charge on any atom is 0.468 e. The molecule has 5 rings (SSSR count). The van der Waals surface area contributed by atoms with E-state index in [2.05, 4.69) is 10.3 Å². The van der Waals surface area contributed by atoms with Gasteiger partial charge in [-0.15, -0.1) is 0 Å². The Labute approximate surface area is 216 Å². The first kappa shape index (κ1) is 26.5. The summed E-state index contributed by atoms with van der Waals surface area (Å²) in [4.78, 5) is 18.8. The second kappa shape index (κ2) is 9.55. The SMILES string of the molecule is N#CC1(NC(=O)[C@@H]2C[C@@H](F)CC[C@H]2c2oc(C(F)(F)F)nc2-c2ccccc2N2CCS(=O)(=O)CC2)CC1. The first-order chi connectivity index (χ1) is 17.9. The molecular weight excluding hydrogens is 528 g/mol. The molecule has 0 spiro atoms. The number of aromatic nitrogens is 1. The van der Waals surface area contributed by atoms with Gasteiger partial charge in [0.05, 0.1) is 23.5 Å². The first-order valence-electron chi connectivity index (χ1n) is 12.4. The fourth-order valence-corrected chi connectivity index (χ4v) is 6.44. The Morgan fingerprint density at radius 2 is 1.87 bits per heavy atom. The van der Waals surface area contributed by atoms with Crippen molar-refractivity contribution in [1.82, 2.24) is 10.3 Å². The van der Waals surface area contributed by atoms with E-state index in [4.69, 9.17) is 4.42 Å². The highest BCUT2D eigenvalue weighted by atomic mass is 32.2. The summed E-state index contributed by atoms with van der Waals surface area (Å²) >= 11 is 0. The summed E-state index contributed by atoms with van der Waals surface area (Å²) in [5.74, 6) is -4.37. The normalized spacial score (nSPS) is 26.4. The van der Waals surface area contributed by atoms with E-state index in [1.807, 2.05) is 6.07 Å². The quantitative estimate of drug-likeness (QED) is 0.556. The lowest BCUT2D eigenvalue weighted by Crippen LogP contribution is -2.44. The van der Waals surface area contributed by atoms with Gasteiger partial charge in [-0.05, 0) is 38.2 Å². The van der Waals surface area contributed by atoms with Crippen LogP contribution in [-0.2, 0) is 20.8 Å². The molecular formula is C25H26F4N4O4S. The molecule has 2 aromatic rings. The highest BCUT2D eigenvalue weighted by Crippen LogP contribution is 2.47. The maximum atomic E-state index is 14.5. The van der Waals surface area contributed by atoms with Gasteiger partial charge in [0.2, 0.25) is 5.91 Å². The number of benzene rings is 1. The van der Waals surface area contributed by atoms with Gasteiger partial charge in [0.25, 0.3) is 0 Å². The summed E-state index contributed by atoms with van der Waals surface area (Å²) in [5.41, 5.74) is -0.332. The van der Waals surface area contributed by atoms with Crippen molar-refractivity contribution < 1.29 is 35.2 Å². The molecule has 1 aromatic carbocycles. The van der Waals surface area contributed by atoms with Crippen molar-refractivity contribution in [3.63, 3.8) is 0 Å². The molecule has 1 aliphatic heterocycles. The largest absolute Gasteiger partial charge is 0.468 e. The zero-order valence-corrected chi connectivity index (χ0v) is 21.1. The van der Waals surface area contributed by atoms with Gasteiger partial charge in [-0.3, -0.25) is 4.79 Å². The number of hydrogen-bond acceptors (Lipinski definition) is 7. The van der Waals surface area contributed by atoms with Crippen molar-refractivity contribution in [3.8, 4) is 17.3 Å². The number of sulfone groups is 1. The van der Waals surface area contributed by atoms with Gasteiger partial charge in [0.1, 0.15) is 23.2 Å². The molecule has 3 aliphatic rings. The van der Waals surface area contributed by atoms with Crippen LogP contribution in [0, 0.1) is 17.2 Å². The van der Waals surface area contributed by atoms with Gasteiger partial charge in [0.15, 0.2) is 9.84 Å². The minimum Gasteiger partial charge on any atom is -0.437 e. The van der Waals surface area contributed by atoms with E-state index in [-0.39, 0.29) is 55.3 Å². The predicted octanol–water partition coefficient (Wildman–Crippen LogP) is 3.99. The lowest BCUT2D eigenvalue weighted by atomic mass is 9.75. The lowest BCUT2D eigenvalue weighted by molar-refractivity contribution is -0.157. The van der Waals surface area contributed by atoms with Gasteiger partial charge in [-0.25, -0.2) is 17.8 Å². The Morgan fingerprint density at radius 1 is 1.18 bits per heavy atom. The molecule has 3 fully saturated rings. The lowest BCUT2D eigenvalue weighted by Gasteiger charge is -2.33. The first-order valence-corrected chi connectivity index (χ1v) is 14.2. The molecule has 2 saturated carbocycles. The number of anilines is 1. The average Bonchev–Trinajstić information content (AvgIpc) is 3.49. The minimum atomic E-state index is -4.91. The predicted molar refractivity (Wildman–Crippen MR) is 129 cm³/mol. The van der Waals surface area contributed by atoms with E-state index in [0.29, 0.717) is 24.1 Å². The zero-order chi connectivity index (χ0) is 27.3. The molecule has 0 unspecified atom stereocenters. The highest BCUT2D eigenvalue weighted by Gasteiger charge is 2.49. The summed E-state index contributed by atoms with van der Waals surface area (Å²) in [5, 5.41) is 12.0. The molecule has 0 bridgehead atoms. The van der Waals surface area contributed by atoms with Crippen LogP contribution < -0.4 is 10.2 Å². The van der Waals surface area contributed by atoms with Gasteiger partial charge in [-0.2, -0.15) is 18.4 Å². The van der Waals surface area contributed by atoms with E-state index in [1.165, 1.54) is 0 Å². The van der Waals surface area contributed by atoms with Crippen molar-refractivity contribution in [3.05, 3.63) is 35.9 Å². The Bertz CT molecular complexity index is 1370. The number of halogens is 4. The number of oxazole rings is 1. The second-order valence-corrected chi connectivity index (χ2v) is 12.5. The highest BCUT2D eigenvalue weighted by molar-refractivity contribution is 7.91. The van der Waals surface area contributed by atoms with E-state index in [1.54, 1.807) is 29.2 Å². The molecule has 3 atom stereocenters. The number of carbonyl (C=O) groups is 1. The molecule has 2 aliphatic carbocycles. The van der Waals surface area contributed by atoms with E-state index >= 15 is 0 Å². The van der Waals surface area contributed by atoms with Crippen LogP contribution in [0.3, 0.4) is 0 Å². The summed E-state index contributed by atoms with van der Waals surface area (Å²) < 4.78 is 85.0. The summed E-state index contributed by atoms with van der Waals surface area (Å²) in [6.07, 6.45) is -5.45. The summed E-state index contributed by atoms with van der Waals surface area (Å²) in [6, 6.07) is 8.60. The van der Waals surface area contributed by atoms with Crippen LogP contribution in [0.4, 0.5) is 23.2 Å². The third-order valence-corrected chi connectivity index (χ3v) is 9.14. The molecule has 8 nitrogen and oxygen atoms in total. The van der Waals surface area contributed by atoms with Crippen LogP contribution in [0.15, 0.2) is 28.7 Å². The smallest absolute Gasteiger partial charge is 0.437 e. The topological polar surface area (TPSA) is 116 Å². The number of nitrogens with one attached hydrogen (secondary N) is 1. The number of nitriles is 1. The number of alkyl halides is 4. The van der Waals surface area contributed by atoms with Crippen LogP contribution in [0.2, 0.25) is 0 Å². The Balaban J connectivity index is 1.57. The molecule has 0 radical (unpaired) electrons. The molecule has 2 heterocycles. The molecule has 38 heavy (non-hydrogen) atoms. The molecule has 1 N–H and O–H groups in total. The van der Waals surface area contributed by atoms with Crippen molar-refractivity contribution in [1.29, 1.82) is 5.26 Å². The van der Waals surface area contributed by atoms with Crippen LogP contribution in [0.5, 0.6) is 0 Å². The number of carbonyl (C=O) groups excluding carboxylic acids is 1. The number of nitrogens with zero attached hydrogens (tertiary/aromatic N) is 3. The van der Waals surface area contributed by atoms with E-state index < -0.39 is 51.4 Å². The van der Waals surface area contributed by atoms with Crippen LogP contribution in [-0.4, -0.2) is 55.6 Å². The minimum absolute atomic E-state index is 0.0327. The van der Waals surface area contributed by atoms with Crippen molar-refractivity contribution in [2.75, 3.05) is 29.5 Å². The maximum absolute atomic E-state index is 14.5. The van der Waals surface area contributed by atoms with Crippen molar-refractivity contribution in [2.24, 2.45) is 5.92 Å². The van der Waals surface area contributed by atoms with Crippen LogP contribution in [0.25, 0.3) is 11.3 Å². The number of hydrogen-bond donors (Lipinski definition) is 1. The van der Waals surface area contributed by atoms with Crippen molar-refractivity contribution >= 4 is 21.4 Å². The Hall–Kier alpha value is -3.14. The molecule has 204 valence electrons. The zero-order valence-electron chi connectivity index (χ0n) is 20.3. The third-order valence-electron chi connectivity index (χ3n) is 7.53. The average molecular weight is 555 g/mol. The van der Waals surface area contributed by atoms with Crippen LogP contribution in [0.1, 0.15) is 49.7 Å². The monoisotopic (exact) mass is 554 g/mol. The number of rotatable bonds is 5. The Kier molecular flexibility index (Phi) is 6.65. The second-order valence-electron chi connectivity index (χ2n) is 10.2. The fourth-order valence-electron chi connectivity index (χ4n) is 5.24. The van der Waals surface area contributed by atoms with Gasteiger partial charge in [0, 0.05) is 30.3 Å². The van der Waals surface area contributed by atoms with Crippen LogP contribution >= 0.6 is 0 Å². The molecule has 1 aromatic heterocycles.